The second-order valence-corrected chi connectivity index (χ2v) is 8.32. The summed E-state index contributed by atoms with van der Waals surface area (Å²) in [5, 5.41) is 14.9. The monoisotopic (exact) mass is 492 g/mol. The molecular formula is C26H28N4O6. The molecule has 4 N–H and O–H groups in total. The van der Waals surface area contributed by atoms with Crippen molar-refractivity contribution in [1.82, 2.24) is 15.6 Å². The minimum Gasteiger partial charge on any atom is -0.481 e. The Labute approximate surface area is 207 Å². The maximum Gasteiger partial charge on any atom is 0.305 e. The van der Waals surface area contributed by atoms with Crippen LogP contribution in [0.15, 0.2) is 54.6 Å². The van der Waals surface area contributed by atoms with Crippen LogP contribution in [0.1, 0.15) is 35.8 Å². The van der Waals surface area contributed by atoms with Crippen LogP contribution in [0.2, 0.25) is 0 Å². The van der Waals surface area contributed by atoms with Crippen LogP contribution in [-0.4, -0.2) is 58.7 Å². The smallest absolute Gasteiger partial charge is 0.305 e. The standard InChI is InChI=1S/C26H28N4O6/c1-3-19(29-25(35)21-12-17-9-5-6-10-20(17)28-21)26(36)30(22-11-7-4-8-16(22)2)14-23(32)27-18(15-31)13-24(33)34/h4-12,15,18-19,28H,3,13-14H2,1-2H3,(H,27,32)(H,29,35)(H,33,34). The zero-order valence-electron chi connectivity index (χ0n) is 20.0. The molecule has 3 amide bonds. The summed E-state index contributed by atoms with van der Waals surface area (Å²) in [5.41, 5.74) is 2.25. The fraction of sp³-hybridized carbons (Fsp3) is 0.269. The predicted molar refractivity (Wildman–Crippen MR) is 134 cm³/mol. The van der Waals surface area contributed by atoms with Crippen LogP contribution < -0.4 is 15.5 Å². The molecule has 36 heavy (non-hydrogen) atoms. The highest BCUT2D eigenvalue weighted by molar-refractivity contribution is 6.06. The molecule has 0 radical (unpaired) electrons. The Hall–Kier alpha value is -4.47. The number of aromatic nitrogens is 1. The molecule has 1 aromatic heterocycles. The van der Waals surface area contributed by atoms with E-state index >= 15 is 0 Å². The van der Waals surface area contributed by atoms with Crippen LogP contribution >= 0.6 is 0 Å². The lowest BCUT2D eigenvalue weighted by atomic mass is 10.1. The number of carbonyl (C=O) groups excluding carboxylic acids is 4. The number of nitrogens with zero attached hydrogens (tertiary/aromatic N) is 1. The van der Waals surface area contributed by atoms with Crippen molar-refractivity contribution in [3.05, 3.63) is 65.9 Å². The van der Waals surface area contributed by atoms with E-state index in [-0.39, 0.29) is 6.42 Å². The molecular weight excluding hydrogens is 464 g/mol. The third kappa shape index (κ3) is 6.35. The van der Waals surface area contributed by atoms with E-state index in [0.717, 1.165) is 10.9 Å². The lowest BCUT2D eigenvalue weighted by Gasteiger charge is -2.28. The Bertz CT molecular complexity index is 1250. The van der Waals surface area contributed by atoms with Crippen molar-refractivity contribution in [2.45, 2.75) is 38.8 Å². The Morgan fingerprint density at radius 2 is 1.75 bits per heavy atom. The normalized spacial score (nSPS) is 12.4. The summed E-state index contributed by atoms with van der Waals surface area (Å²) in [6.07, 6.45) is 0.0117. The van der Waals surface area contributed by atoms with E-state index in [0.29, 0.717) is 23.2 Å². The van der Waals surface area contributed by atoms with Gasteiger partial charge in [0.2, 0.25) is 11.8 Å². The van der Waals surface area contributed by atoms with Gasteiger partial charge in [-0.1, -0.05) is 43.3 Å². The van der Waals surface area contributed by atoms with Gasteiger partial charge in [0.15, 0.2) is 0 Å². The Morgan fingerprint density at radius 1 is 1.06 bits per heavy atom. The molecule has 1 heterocycles. The first-order valence-electron chi connectivity index (χ1n) is 11.5. The first kappa shape index (κ1) is 26.1. The molecule has 0 aliphatic heterocycles. The van der Waals surface area contributed by atoms with E-state index in [1.165, 1.54) is 4.90 Å². The van der Waals surface area contributed by atoms with Crippen molar-refractivity contribution in [2.75, 3.05) is 11.4 Å². The van der Waals surface area contributed by atoms with Crippen LogP contribution in [0.3, 0.4) is 0 Å². The van der Waals surface area contributed by atoms with Gasteiger partial charge in [-0.25, -0.2) is 0 Å². The van der Waals surface area contributed by atoms with E-state index in [1.54, 1.807) is 44.2 Å². The minimum absolute atomic E-state index is 0.255. The molecule has 2 unspecified atom stereocenters. The molecule has 188 valence electrons. The number of para-hydroxylation sites is 2. The minimum atomic E-state index is -1.25. The van der Waals surface area contributed by atoms with Crippen LogP contribution in [0.4, 0.5) is 5.69 Å². The zero-order valence-corrected chi connectivity index (χ0v) is 20.0. The maximum absolute atomic E-state index is 13.6. The van der Waals surface area contributed by atoms with Gasteiger partial charge in [-0.2, -0.15) is 0 Å². The molecule has 3 aromatic rings. The van der Waals surface area contributed by atoms with Gasteiger partial charge in [-0.05, 0) is 37.1 Å². The highest BCUT2D eigenvalue weighted by atomic mass is 16.4. The molecule has 3 rings (SSSR count). The number of nitrogens with one attached hydrogen (secondary N) is 3. The summed E-state index contributed by atoms with van der Waals surface area (Å²) >= 11 is 0. The van der Waals surface area contributed by atoms with E-state index in [1.807, 2.05) is 24.3 Å². The Balaban J connectivity index is 1.82. The lowest BCUT2D eigenvalue weighted by molar-refractivity contribution is -0.138. The quantitative estimate of drug-likeness (QED) is 0.302. The van der Waals surface area contributed by atoms with Crippen LogP contribution in [-0.2, 0) is 19.2 Å². The maximum atomic E-state index is 13.6. The molecule has 10 nitrogen and oxygen atoms in total. The van der Waals surface area contributed by atoms with Gasteiger partial charge >= 0.3 is 5.97 Å². The van der Waals surface area contributed by atoms with E-state index < -0.39 is 48.7 Å². The summed E-state index contributed by atoms with van der Waals surface area (Å²) in [6.45, 7) is 3.04. The van der Waals surface area contributed by atoms with Gasteiger partial charge < -0.3 is 30.4 Å². The summed E-state index contributed by atoms with van der Waals surface area (Å²) in [5.74, 6) is -2.94. The average Bonchev–Trinajstić information content (AvgIpc) is 3.30. The highest BCUT2D eigenvalue weighted by Gasteiger charge is 2.29. The van der Waals surface area contributed by atoms with Crippen molar-refractivity contribution in [3.8, 4) is 0 Å². The molecule has 10 heteroatoms. The van der Waals surface area contributed by atoms with Gasteiger partial charge in [0, 0.05) is 16.6 Å². The molecule has 0 fully saturated rings. The number of hydrogen-bond donors (Lipinski definition) is 4. The van der Waals surface area contributed by atoms with E-state index in [2.05, 4.69) is 15.6 Å². The number of aryl methyl sites for hydroxylation is 1. The number of amides is 3. The summed E-state index contributed by atoms with van der Waals surface area (Å²) < 4.78 is 0. The van der Waals surface area contributed by atoms with Gasteiger partial charge in [-0.3, -0.25) is 19.2 Å². The molecule has 0 aliphatic carbocycles. The number of carbonyl (C=O) groups is 5. The summed E-state index contributed by atoms with van der Waals surface area (Å²) in [4.78, 5) is 65.6. The van der Waals surface area contributed by atoms with Crippen molar-refractivity contribution in [1.29, 1.82) is 0 Å². The number of aliphatic carboxylic acids is 1. The largest absolute Gasteiger partial charge is 0.481 e. The summed E-state index contributed by atoms with van der Waals surface area (Å²) in [6, 6.07) is 13.8. The number of anilines is 1. The van der Waals surface area contributed by atoms with Crippen LogP contribution in [0.25, 0.3) is 10.9 Å². The second kappa shape index (κ2) is 11.8. The van der Waals surface area contributed by atoms with Crippen molar-refractivity contribution in [3.63, 3.8) is 0 Å². The second-order valence-electron chi connectivity index (χ2n) is 8.32. The molecule has 0 saturated carbocycles. The summed E-state index contributed by atoms with van der Waals surface area (Å²) in [7, 11) is 0. The van der Waals surface area contributed by atoms with Crippen molar-refractivity contribution < 1.29 is 29.1 Å². The van der Waals surface area contributed by atoms with E-state index in [9.17, 15) is 24.0 Å². The van der Waals surface area contributed by atoms with Gasteiger partial charge in [-0.15, -0.1) is 0 Å². The lowest BCUT2D eigenvalue weighted by Crippen LogP contribution is -2.52. The van der Waals surface area contributed by atoms with Crippen molar-refractivity contribution in [2.24, 2.45) is 0 Å². The van der Waals surface area contributed by atoms with Crippen LogP contribution in [0.5, 0.6) is 0 Å². The molecule has 2 aromatic carbocycles. The van der Waals surface area contributed by atoms with Gasteiger partial charge in [0.05, 0.1) is 12.5 Å². The topological polar surface area (TPSA) is 149 Å². The molecule has 2 atom stereocenters. The predicted octanol–water partition coefficient (Wildman–Crippen LogP) is 2.18. The first-order chi connectivity index (χ1) is 17.2. The number of benzene rings is 2. The van der Waals surface area contributed by atoms with Crippen LogP contribution in [0, 0.1) is 6.92 Å². The molecule has 0 bridgehead atoms. The molecule has 0 aliphatic rings. The number of fused-ring (bicyclic) bond motifs is 1. The van der Waals surface area contributed by atoms with Gasteiger partial charge in [0.25, 0.3) is 5.91 Å². The SMILES string of the molecule is CCC(NC(=O)c1cc2ccccc2[nH]1)C(=O)N(CC(=O)NC(C=O)CC(=O)O)c1ccccc1C. The number of carboxylic acids is 1. The van der Waals surface area contributed by atoms with E-state index in [4.69, 9.17) is 5.11 Å². The number of carboxylic acid groups (broad SMARTS) is 1. The highest BCUT2D eigenvalue weighted by Crippen LogP contribution is 2.21. The van der Waals surface area contributed by atoms with Gasteiger partial charge in [0.1, 0.15) is 24.6 Å². The Kier molecular flexibility index (Phi) is 8.56. The molecule has 0 saturated heterocycles. The number of aldehydes is 1. The number of rotatable bonds is 11. The Morgan fingerprint density at radius 3 is 2.39 bits per heavy atom. The average molecular weight is 493 g/mol. The first-order valence-corrected chi connectivity index (χ1v) is 11.5. The number of hydrogen-bond acceptors (Lipinski definition) is 5. The van der Waals surface area contributed by atoms with Crippen molar-refractivity contribution >= 4 is 46.6 Å². The third-order valence-electron chi connectivity index (χ3n) is 5.67. The zero-order chi connectivity index (χ0) is 26.2. The number of aromatic amines is 1. The number of H-pyrrole nitrogens is 1. The fourth-order valence-electron chi connectivity index (χ4n) is 3.82. The third-order valence-corrected chi connectivity index (χ3v) is 5.67. The molecule has 0 spiro atoms. The fourth-order valence-corrected chi connectivity index (χ4v) is 3.82.